The zero-order valence-corrected chi connectivity index (χ0v) is 14.3. The van der Waals surface area contributed by atoms with Crippen LogP contribution in [0.5, 0.6) is 0 Å². The topological polar surface area (TPSA) is 0 Å². The third-order valence-electron chi connectivity index (χ3n) is 4.46. The molecule has 4 rings (SSSR count). The third kappa shape index (κ3) is 1.97. The highest BCUT2D eigenvalue weighted by atomic mass is 28.3. The maximum atomic E-state index is 2.46. The van der Waals surface area contributed by atoms with Crippen molar-refractivity contribution in [3.63, 3.8) is 0 Å². The molecule has 0 bridgehead atoms. The molecule has 0 saturated heterocycles. The van der Waals surface area contributed by atoms with Gasteiger partial charge >= 0.3 is 0 Å². The van der Waals surface area contributed by atoms with E-state index in [1.807, 2.05) is 0 Å². The van der Waals surface area contributed by atoms with Crippen molar-refractivity contribution in [3.05, 3.63) is 65.9 Å². The molecule has 4 aromatic carbocycles. The average molecular weight is 299 g/mol. The first-order chi connectivity index (χ1) is 10.6. The molecule has 0 spiro atoms. The molecule has 107 valence electrons. The summed E-state index contributed by atoms with van der Waals surface area (Å²) in [5.74, 6) is 0. The van der Waals surface area contributed by atoms with Gasteiger partial charge in [0.1, 0.15) is 8.80 Å². The minimum Gasteiger partial charge on any atom is -0.0930 e. The maximum absolute atomic E-state index is 2.46. The van der Waals surface area contributed by atoms with Crippen molar-refractivity contribution >= 4 is 46.3 Å². The molecule has 0 fully saturated rings. The van der Waals surface area contributed by atoms with Gasteiger partial charge in [-0.15, -0.1) is 0 Å². The normalized spacial score (nSPS) is 11.8. The van der Waals surface area contributed by atoms with Crippen molar-refractivity contribution in [3.8, 4) is 0 Å². The van der Waals surface area contributed by atoms with E-state index in [1.165, 1.54) is 43.1 Å². The Morgan fingerprint density at radius 1 is 0.773 bits per heavy atom. The fourth-order valence-corrected chi connectivity index (χ4v) is 5.59. The summed E-state index contributed by atoms with van der Waals surface area (Å²) >= 11 is 0. The highest BCUT2D eigenvalue weighted by molar-refractivity contribution is 6.79. The Morgan fingerprint density at radius 3 is 2.05 bits per heavy atom. The van der Waals surface area contributed by atoms with Gasteiger partial charge in [0.05, 0.1) is 0 Å². The second-order valence-electron chi connectivity index (χ2n) is 6.37. The molecular weight excluding hydrogens is 280 g/mol. The van der Waals surface area contributed by atoms with Crippen LogP contribution in [0, 0.1) is 0 Å². The first-order valence-electron chi connectivity index (χ1n) is 7.80. The summed E-state index contributed by atoms with van der Waals surface area (Å²) in [5, 5.41) is 9.88. The van der Waals surface area contributed by atoms with E-state index >= 15 is 0 Å². The third-order valence-corrected chi connectivity index (χ3v) is 6.75. The summed E-state index contributed by atoms with van der Waals surface area (Å²) in [4.78, 5) is 0. The first-order valence-corrected chi connectivity index (χ1v) is 9.88. The molecule has 0 aliphatic carbocycles. The van der Waals surface area contributed by atoms with E-state index in [2.05, 4.69) is 80.7 Å². The number of benzene rings is 4. The summed E-state index contributed by atoms with van der Waals surface area (Å²) in [6.45, 7) is 6.79. The lowest BCUT2D eigenvalue weighted by molar-refractivity contribution is 1.41. The Morgan fingerprint density at radius 2 is 1.36 bits per heavy atom. The van der Waals surface area contributed by atoms with Crippen LogP contribution < -0.4 is 5.19 Å². The Hall–Kier alpha value is -2.12. The largest absolute Gasteiger partial charge is 0.110 e. The summed E-state index contributed by atoms with van der Waals surface area (Å²) in [7, 11) is -0.651. The van der Waals surface area contributed by atoms with E-state index in [4.69, 9.17) is 0 Å². The van der Waals surface area contributed by atoms with Crippen molar-refractivity contribution in [2.45, 2.75) is 20.4 Å². The second-order valence-corrected chi connectivity index (χ2v) is 8.57. The zero-order chi connectivity index (χ0) is 15.3. The van der Waals surface area contributed by atoms with Crippen molar-refractivity contribution < 1.29 is 0 Å². The fraction of sp³-hybridized carbons (Fsp3) is 0.143. The van der Waals surface area contributed by atoms with E-state index in [1.54, 1.807) is 0 Å². The molecule has 4 aromatic rings. The number of hydrogen-bond acceptors (Lipinski definition) is 0. The molecule has 1 radical (unpaired) electrons. The lowest BCUT2D eigenvalue weighted by Gasteiger charge is -2.15. The number of hydrogen-bond donors (Lipinski definition) is 0. The van der Waals surface area contributed by atoms with Gasteiger partial charge in [-0.2, -0.15) is 0 Å². The molecule has 0 unspecified atom stereocenters. The lowest BCUT2D eigenvalue weighted by Crippen LogP contribution is -2.25. The minimum absolute atomic E-state index is 0.651. The van der Waals surface area contributed by atoms with Gasteiger partial charge < -0.3 is 0 Å². The second kappa shape index (κ2) is 4.96. The quantitative estimate of drug-likeness (QED) is 0.342. The Balaban J connectivity index is 2.15. The number of allylic oxidation sites excluding steroid dienone is 1. The van der Waals surface area contributed by atoms with Crippen LogP contribution >= 0.6 is 0 Å². The van der Waals surface area contributed by atoms with Gasteiger partial charge in [-0.05, 0) is 51.4 Å². The Bertz CT molecular complexity index is 991. The van der Waals surface area contributed by atoms with Crippen LogP contribution in [0.1, 0.15) is 13.8 Å². The molecule has 0 N–H and O–H groups in total. The van der Waals surface area contributed by atoms with Gasteiger partial charge in [-0.1, -0.05) is 72.4 Å². The van der Waals surface area contributed by atoms with Crippen LogP contribution in [0.25, 0.3) is 32.3 Å². The van der Waals surface area contributed by atoms with Crippen LogP contribution in [0.4, 0.5) is 0 Å². The van der Waals surface area contributed by atoms with Crippen molar-refractivity contribution in [1.82, 2.24) is 0 Å². The van der Waals surface area contributed by atoms with Gasteiger partial charge in [0.25, 0.3) is 0 Å². The van der Waals surface area contributed by atoms with E-state index in [0.717, 1.165) is 0 Å². The average Bonchev–Trinajstić information content (AvgIpc) is 2.51. The first kappa shape index (κ1) is 13.5. The molecule has 0 aromatic heterocycles. The highest BCUT2D eigenvalue weighted by Gasteiger charge is 2.14. The zero-order valence-electron chi connectivity index (χ0n) is 13.3. The Labute approximate surface area is 133 Å². The van der Waals surface area contributed by atoms with Gasteiger partial charge in [0, 0.05) is 0 Å². The summed E-state index contributed by atoms with van der Waals surface area (Å²) in [6, 6.07) is 20.4. The van der Waals surface area contributed by atoms with E-state index in [9.17, 15) is 0 Å². The molecule has 0 aliphatic rings. The Kier molecular flexibility index (Phi) is 3.05. The fourth-order valence-electron chi connectivity index (χ4n) is 3.59. The van der Waals surface area contributed by atoms with E-state index in [0.29, 0.717) is 0 Å². The van der Waals surface area contributed by atoms with E-state index in [-0.39, 0.29) is 0 Å². The van der Waals surface area contributed by atoms with Gasteiger partial charge in [0.15, 0.2) is 0 Å². The van der Waals surface area contributed by atoms with Gasteiger partial charge in [-0.25, -0.2) is 0 Å². The standard InChI is InChI=1S/C21H19Si/c1-14(2)13-22(3)19-12-10-17-8-7-15-5-4-6-16-9-11-18(19)21(17)20(15)16/h4-13H,1-3H3. The van der Waals surface area contributed by atoms with Crippen molar-refractivity contribution in [2.24, 2.45) is 0 Å². The molecule has 0 saturated carbocycles. The van der Waals surface area contributed by atoms with Crippen LogP contribution in [-0.4, -0.2) is 8.80 Å². The molecule has 0 atom stereocenters. The summed E-state index contributed by atoms with van der Waals surface area (Å²) in [6.07, 6.45) is 0. The summed E-state index contributed by atoms with van der Waals surface area (Å²) < 4.78 is 0. The smallest absolute Gasteiger partial charge is 0.0930 e. The van der Waals surface area contributed by atoms with Crippen LogP contribution in [0.2, 0.25) is 6.55 Å². The summed E-state index contributed by atoms with van der Waals surface area (Å²) in [5.41, 5.74) is 3.87. The molecule has 0 aliphatic heterocycles. The van der Waals surface area contributed by atoms with Crippen LogP contribution in [0.3, 0.4) is 0 Å². The lowest BCUT2D eigenvalue weighted by atomic mass is 9.94. The SMILES string of the molecule is CC(C)=C[Si](C)c1ccc2ccc3cccc4ccc1c2c34. The van der Waals surface area contributed by atoms with E-state index < -0.39 is 8.80 Å². The monoisotopic (exact) mass is 299 g/mol. The maximum Gasteiger partial charge on any atom is 0.110 e. The van der Waals surface area contributed by atoms with Crippen molar-refractivity contribution in [2.75, 3.05) is 0 Å². The predicted molar refractivity (Wildman–Crippen MR) is 101 cm³/mol. The molecule has 1 heteroatoms. The number of rotatable bonds is 2. The van der Waals surface area contributed by atoms with Crippen molar-refractivity contribution in [1.29, 1.82) is 0 Å². The highest BCUT2D eigenvalue weighted by Crippen LogP contribution is 2.33. The van der Waals surface area contributed by atoms with Crippen LogP contribution in [0.15, 0.2) is 65.9 Å². The van der Waals surface area contributed by atoms with Gasteiger partial charge in [0.2, 0.25) is 0 Å². The molecule has 0 amide bonds. The molecule has 0 nitrogen and oxygen atoms in total. The molecule has 22 heavy (non-hydrogen) atoms. The minimum atomic E-state index is -0.651. The molecular formula is C21H19Si. The molecule has 0 heterocycles. The van der Waals surface area contributed by atoms with Crippen LogP contribution in [-0.2, 0) is 0 Å². The predicted octanol–water partition coefficient (Wildman–Crippen LogP) is 5.42. The van der Waals surface area contributed by atoms with Gasteiger partial charge in [-0.3, -0.25) is 0 Å².